The van der Waals surface area contributed by atoms with Crippen molar-refractivity contribution >= 4 is 29.8 Å². The Bertz CT molecular complexity index is 396. The summed E-state index contributed by atoms with van der Waals surface area (Å²) in [6, 6.07) is -1.45. The fourth-order valence-corrected chi connectivity index (χ4v) is 2.80. The van der Waals surface area contributed by atoms with E-state index < -0.39 is 30.1 Å². The number of hydrogen-bond acceptors (Lipinski definition) is 7. The number of ether oxygens (including phenoxy) is 1. The van der Waals surface area contributed by atoms with Crippen molar-refractivity contribution in [2.24, 2.45) is 11.5 Å². The number of unbranched alkanes of at least 4 members (excludes halogenated alkanes) is 1. The second-order valence-corrected chi connectivity index (χ2v) is 5.75. The van der Waals surface area contributed by atoms with Gasteiger partial charge in [-0.3, -0.25) is 9.69 Å². The van der Waals surface area contributed by atoms with Crippen molar-refractivity contribution < 1.29 is 29.3 Å². The lowest BCUT2D eigenvalue weighted by atomic mass is 10.1. The van der Waals surface area contributed by atoms with Gasteiger partial charge in [-0.1, -0.05) is 6.42 Å². The summed E-state index contributed by atoms with van der Waals surface area (Å²) >= 11 is 1.42. The first kappa shape index (κ1) is 21.5. The molecule has 0 bridgehead atoms. The molecule has 0 aliphatic carbocycles. The fraction of sp³-hybridized carbons (Fsp3) is 0.769. The minimum atomic E-state index is -0.974. The Balaban J connectivity index is 0.000000438. The van der Waals surface area contributed by atoms with Gasteiger partial charge in [-0.15, -0.1) is 11.8 Å². The smallest absolute Gasteiger partial charge is 0.411 e. The topological polar surface area (TPSA) is 156 Å². The lowest BCUT2D eigenvalue weighted by molar-refractivity contribution is -0.141. The summed E-state index contributed by atoms with van der Waals surface area (Å²) in [6.45, 7) is 2.57. The number of nitrogens with zero attached hydrogens (tertiary/aromatic N) is 1. The summed E-state index contributed by atoms with van der Waals surface area (Å²) in [6.07, 6.45) is 1.62. The zero-order valence-corrected chi connectivity index (χ0v) is 14.0. The van der Waals surface area contributed by atoms with Crippen LogP contribution >= 0.6 is 11.8 Å². The van der Waals surface area contributed by atoms with E-state index in [9.17, 15) is 14.4 Å². The molecule has 0 aromatic carbocycles. The van der Waals surface area contributed by atoms with Crippen LogP contribution < -0.4 is 11.5 Å². The molecule has 1 unspecified atom stereocenters. The molecule has 1 heterocycles. The van der Waals surface area contributed by atoms with Gasteiger partial charge in [-0.2, -0.15) is 0 Å². The predicted molar refractivity (Wildman–Crippen MR) is 86.1 cm³/mol. The summed E-state index contributed by atoms with van der Waals surface area (Å²) in [5, 5.41) is 17.1. The molecule has 10 heteroatoms. The first-order chi connectivity index (χ1) is 10.8. The molecule has 1 saturated heterocycles. The summed E-state index contributed by atoms with van der Waals surface area (Å²) in [7, 11) is 0. The van der Waals surface area contributed by atoms with Crippen molar-refractivity contribution in [2.75, 3.05) is 24.8 Å². The summed E-state index contributed by atoms with van der Waals surface area (Å²) in [5.41, 5.74) is 10.4. The quantitative estimate of drug-likeness (QED) is 0.468. The third-order valence-corrected chi connectivity index (χ3v) is 3.97. The van der Waals surface area contributed by atoms with Crippen molar-refractivity contribution in [3.63, 3.8) is 0 Å². The van der Waals surface area contributed by atoms with E-state index >= 15 is 0 Å². The summed E-state index contributed by atoms with van der Waals surface area (Å²) in [5.74, 6) is -1.07. The van der Waals surface area contributed by atoms with Gasteiger partial charge in [0.15, 0.2) is 0 Å². The number of aliphatic carboxylic acids is 2. The van der Waals surface area contributed by atoms with E-state index in [1.807, 2.05) is 0 Å². The Morgan fingerprint density at radius 1 is 1.35 bits per heavy atom. The minimum Gasteiger partial charge on any atom is -0.480 e. The van der Waals surface area contributed by atoms with Crippen molar-refractivity contribution in [2.45, 2.75) is 38.3 Å². The zero-order valence-electron chi connectivity index (χ0n) is 13.1. The number of carbonyl (C=O) groups is 3. The van der Waals surface area contributed by atoms with E-state index in [0.717, 1.165) is 12.8 Å². The molecule has 9 nitrogen and oxygen atoms in total. The maximum Gasteiger partial charge on any atom is 0.411 e. The van der Waals surface area contributed by atoms with Gasteiger partial charge in [-0.05, 0) is 26.3 Å². The molecule has 1 aliphatic heterocycles. The molecule has 0 radical (unpaired) electrons. The van der Waals surface area contributed by atoms with E-state index in [-0.39, 0.29) is 6.61 Å². The van der Waals surface area contributed by atoms with Gasteiger partial charge in [0.2, 0.25) is 0 Å². The summed E-state index contributed by atoms with van der Waals surface area (Å²) < 4.78 is 4.72. The highest BCUT2D eigenvalue weighted by atomic mass is 32.2. The molecular formula is C13H25N3O6S. The van der Waals surface area contributed by atoms with E-state index in [1.54, 1.807) is 6.92 Å². The number of rotatable bonds is 7. The van der Waals surface area contributed by atoms with Crippen LogP contribution in [0.25, 0.3) is 0 Å². The molecule has 134 valence electrons. The standard InChI is InChI=1S/C7H11NO4S.C6H14N2O2/c1-2-12-7(11)8-4-13-3-5(8)6(9)10;7-4-2-1-3-5(8)6(9)10/h5H,2-4H2,1H3,(H,9,10);5H,1-4,7-8H2,(H,9,10)/t;5-/m.0/s1. The molecule has 1 aliphatic rings. The first-order valence-corrected chi connectivity index (χ1v) is 8.43. The number of thioether (sulfide) groups is 1. The van der Waals surface area contributed by atoms with Crippen LogP contribution in [0.1, 0.15) is 26.2 Å². The third-order valence-electron chi connectivity index (χ3n) is 2.96. The van der Waals surface area contributed by atoms with Gasteiger partial charge in [0.1, 0.15) is 12.1 Å². The molecule has 0 aromatic heterocycles. The van der Waals surface area contributed by atoms with Crippen LogP contribution in [-0.4, -0.2) is 70.0 Å². The van der Waals surface area contributed by atoms with Crippen LogP contribution in [-0.2, 0) is 14.3 Å². The Labute approximate surface area is 139 Å². The lowest BCUT2D eigenvalue weighted by Gasteiger charge is -2.18. The van der Waals surface area contributed by atoms with Crippen LogP contribution in [0.4, 0.5) is 4.79 Å². The molecule has 1 amide bonds. The SMILES string of the molecule is CCOC(=O)N1CSCC1C(=O)O.NCCCC[C@H](N)C(=O)O. The molecule has 23 heavy (non-hydrogen) atoms. The number of carboxylic acids is 2. The summed E-state index contributed by atoms with van der Waals surface area (Å²) in [4.78, 5) is 33.2. The van der Waals surface area contributed by atoms with Crippen molar-refractivity contribution in [3.05, 3.63) is 0 Å². The molecule has 1 rings (SSSR count). The van der Waals surface area contributed by atoms with Gasteiger partial charge in [0.05, 0.1) is 12.5 Å². The molecule has 2 atom stereocenters. The van der Waals surface area contributed by atoms with Crippen LogP contribution in [0.2, 0.25) is 0 Å². The number of hydrogen-bond donors (Lipinski definition) is 4. The highest BCUT2D eigenvalue weighted by Gasteiger charge is 2.35. The second kappa shape index (κ2) is 12.0. The van der Waals surface area contributed by atoms with E-state index in [2.05, 4.69) is 0 Å². The number of nitrogens with two attached hydrogens (primary N) is 2. The fourth-order valence-electron chi connectivity index (χ4n) is 1.67. The Morgan fingerprint density at radius 3 is 2.48 bits per heavy atom. The Hall–Kier alpha value is -1.52. The molecule has 6 N–H and O–H groups in total. The lowest BCUT2D eigenvalue weighted by Crippen LogP contribution is -2.42. The van der Waals surface area contributed by atoms with Crippen molar-refractivity contribution in [3.8, 4) is 0 Å². The molecule has 0 aromatic rings. The van der Waals surface area contributed by atoms with Crippen LogP contribution in [0, 0.1) is 0 Å². The van der Waals surface area contributed by atoms with Gasteiger partial charge < -0.3 is 26.4 Å². The highest BCUT2D eigenvalue weighted by Crippen LogP contribution is 2.21. The van der Waals surface area contributed by atoms with Gasteiger partial charge >= 0.3 is 18.0 Å². The van der Waals surface area contributed by atoms with Crippen LogP contribution in [0.15, 0.2) is 0 Å². The van der Waals surface area contributed by atoms with Gasteiger partial charge in [0, 0.05) is 5.75 Å². The number of carboxylic acid groups (broad SMARTS) is 2. The van der Waals surface area contributed by atoms with E-state index in [0.29, 0.717) is 24.6 Å². The predicted octanol–water partition coefficient (Wildman–Crippen LogP) is 0.130. The van der Waals surface area contributed by atoms with E-state index in [1.165, 1.54) is 16.7 Å². The minimum absolute atomic E-state index is 0.270. The average molecular weight is 351 g/mol. The Morgan fingerprint density at radius 2 is 2.00 bits per heavy atom. The first-order valence-electron chi connectivity index (χ1n) is 7.27. The normalized spacial score (nSPS) is 17.9. The highest BCUT2D eigenvalue weighted by molar-refractivity contribution is 7.99. The van der Waals surface area contributed by atoms with Crippen molar-refractivity contribution in [1.29, 1.82) is 0 Å². The maximum absolute atomic E-state index is 11.2. The maximum atomic E-state index is 11.2. The van der Waals surface area contributed by atoms with Crippen LogP contribution in [0.5, 0.6) is 0 Å². The van der Waals surface area contributed by atoms with Gasteiger partial charge in [0.25, 0.3) is 0 Å². The monoisotopic (exact) mass is 351 g/mol. The van der Waals surface area contributed by atoms with Gasteiger partial charge in [-0.25, -0.2) is 9.59 Å². The number of carbonyl (C=O) groups excluding carboxylic acids is 1. The third kappa shape index (κ3) is 8.62. The second-order valence-electron chi connectivity index (χ2n) is 4.75. The van der Waals surface area contributed by atoms with E-state index in [4.69, 9.17) is 26.4 Å². The molecular weight excluding hydrogens is 326 g/mol. The van der Waals surface area contributed by atoms with Crippen LogP contribution in [0.3, 0.4) is 0 Å². The Kier molecular flexibility index (Phi) is 11.2. The largest absolute Gasteiger partial charge is 0.480 e. The zero-order chi connectivity index (χ0) is 17.8. The number of amides is 1. The molecule has 0 saturated carbocycles. The molecule has 0 spiro atoms. The van der Waals surface area contributed by atoms with Crippen molar-refractivity contribution in [1.82, 2.24) is 4.90 Å². The average Bonchev–Trinajstić information content (AvgIpc) is 2.98. The molecule has 1 fully saturated rings.